The van der Waals surface area contributed by atoms with Crippen molar-refractivity contribution >= 4 is 29.3 Å². The van der Waals surface area contributed by atoms with Crippen LogP contribution in [0.2, 0.25) is 5.02 Å². The van der Waals surface area contributed by atoms with Gasteiger partial charge in [-0.15, -0.1) is 0 Å². The van der Waals surface area contributed by atoms with Crippen molar-refractivity contribution in [2.75, 3.05) is 18.4 Å². The van der Waals surface area contributed by atoms with Gasteiger partial charge in [0.1, 0.15) is 0 Å². The number of aliphatic carboxylic acids is 1. The van der Waals surface area contributed by atoms with E-state index in [1.807, 2.05) is 4.90 Å². The van der Waals surface area contributed by atoms with Crippen LogP contribution in [0.25, 0.3) is 0 Å². The number of benzene rings is 1. The van der Waals surface area contributed by atoms with Gasteiger partial charge in [-0.25, -0.2) is 9.18 Å². The van der Waals surface area contributed by atoms with Crippen LogP contribution in [0.15, 0.2) is 18.2 Å². The molecule has 2 amide bonds. The smallest absolute Gasteiger partial charge is 0.319 e. The Labute approximate surface area is 150 Å². The minimum absolute atomic E-state index is 0.0297. The third-order valence-electron chi connectivity index (χ3n) is 4.69. The lowest BCUT2D eigenvalue weighted by molar-refractivity contribution is -0.139. The summed E-state index contributed by atoms with van der Waals surface area (Å²) in [6.45, 7) is 0.845. The molecule has 2 aliphatic rings. The van der Waals surface area contributed by atoms with E-state index < -0.39 is 17.8 Å². The Morgan fingerprint density at radius 2 is 2.04 bits per heavy atom. The molecule has 0 bridgehead atoms. The number of carbonyl (C=O) groups is 2. The first-order chi connectivity index (χ1) is 11.9. The van der Waals surface area contributed by atoms with Gasteiger partial charge in [-0.2, -0.15) is 0 Å². The highest BCUT2D eigenvalue weighted by Gasteiger charge is 2.37. The average molecular weight is 370 g/mol. The quantitative estimate of drug-likeness (QED) is 0.690. The molecule has 8 heteroatoms. The number of rotatable bonds is 7. The lowest BCUT2D eigenvalue weighted by atomic mass is 9.85. The van der Waals surface area contributed by atoms with Gasteiger partial charge in [0.25, 0.3) is 0 Å². The number of urea groups is 1. The van der Waals surface area contributed by atoms with Crippen molar-refractivity contribution in [3.8, 4) is 0 Å². The first-order valence-electron chi connectivity index (χ1n) is 8.39. The Morgan fingerprint density at radius 1 is 1.32 bits per heavy atom. The van der Waals surface area contributed by atoms with E-state index in [-0.39, 0.29) is 29.3 Å². The van der Waals surface area contributed by atoms with Crippen LogP contribution in [0.5, 0.6) is 0 Å². The van der Waals surface area contributed by atoms with E-state index >= 15 is 0 Å². The summed E-state index contributed by atoms with van der Waals surface area (Å²) in [4.78, 5) is 25.0. The van der Waals surface area contributed by atoms with E-state index in [4.69, 9.17) is 16.7 Å². The molecular weight excluding hydrogens is 349 g/mol. The van der Waals surface area contributed by atoms with Gasteiger partial charge >= 0.3 is 12.0 Å². The number of nitrogens with one attached hydrogen (secondary N) is 2. The van der Waals surface area contributed by atoms with Gasteiger partial charge in [0.15, 0.2) is 5.82 Å². The van der Waals surface area contributed by atoms with E-state index in [2.05, 4.69) is 10.6 Å². The predicted molar refractivity (Wildman–Crippen MR) is 92.3 cm³/mol. The Bertz CT molecular complexity index is 663. The second-order valence-electron chi connectivity index (χ2n) is 6.79. The first kappa shape index (κ1) is 17.9. The number of halogens is 2. The molecule has 0 atom stereocenters. The van der Waals surface area contributed by atoms with Crippen LogP contribution in [-0.2, 0) is 4.79 Å². The summed E-state index contributed by atoms with van der Waals surface area (Å²) in [5.74, 6) is -0.880. The van der Waals surface area contributed by atoms with E-state index in [1.54, 1.807) is 6.07 Å². The zero-order chi connectivity index (χ0) is 18.0. The number of hydrogen-bond donors (Lipinski definition) is 3. The van der Waals surface area contributed by atoms with Gasteiger partial charge in [-0.3, -0.25) is 9.69 Å². The largest absolute Gasteiger partial charge is 0.480 e. The molecular formula is C17H21ClFN3O3. The highest BCUT2D eigenvalue weighted by Crippen LogP contribution is 2.33. The second kappa shape index (κ2) is 7.58. The Kier molecular flexibility index (Phi) is 5.44. The van der Waals surface area contributed by atoms with Gasteiger partial charge in [-0.05, 0) is 43.7 Å². The summed E-state index contributed by atoms with van der Waals surface area (Å²) < 4.78 is 13.8. The number of carbonyl (C=O) groups excluding carboxylic acids is 1. The van der Waals surface area contributed by atoms with Crippen molar-refractivity contribution in [1.29, 1.82) is 0 Å². The molecule has 1 aromatic rings. The molecule has 0 saturated heterocycles. The van der Waals surface area contributed by atoms with Gasteiger partial charge in [0, 0.05) is 18.6 Å². The van der Waals surface area contributed by atoms with Gasteiger partial charge in [-0.1, -0.05) is 17.7 Å². The number of carboxylic acid groups (broad SMARTS) is 1. The number of carboxylic acids is 1. The first-order valence-corrected chi connectivity index (χ1v) is 8.77. The van der Waals surface area contributed by atoms with Gasteiger partial charge < -0.3 is 15.7 Å². The Balaban J connectivity index is 1.46. The fourth-order valence-electron chi connectivity index (χ4n) is 3.10. The van der Waals surface area contributed by atoms with Crippen molar-refractivity contribution in [3.63, 3.8) is 0 Å². The minimum atomic E-state index is -0.828. The molecule has 136 valence electrons. The molecule has 0 heterocycles. The topological polar surface area (TPSA) is 81.7 Å². The van der Waals surface area contributed by atoms with E-state index in [0.717, 1.165) is 19.4 Å². The summed E-state index contributed by atoms with van der Waals surface area (Å²) >= 11 is 5.68. The molecule has 0 aliphatic heterocycles. The lowest BCUT2D eigenvalue weighted by Gasteiger charge is -2.42. The van der Waals surface area contributed by atoms with Crippen LogP contribution < -0.4 is 10.6 Å². The SMILES string of the molecule is O=C(O)CN(CC1CC1)C1CC(NC(=O)Nc2cccc(Cl)c2F)C1. The maximum absolute atomic E-state index is 13.8. The molecule has 0 aromatic heterocycles. The van der Waals surface area contributed by atoms with Crippen LogP contribution in [-0.4, -0.2) is 47.2 Å². The summed E-state index contributed by atoms with van der Waals surface area (Å²) in [6, 6.07) is 4.05. The standard InChI is InChI=1S/C17H21ClFN3O3/c18-13-2-1-3-14(16(13)19)21-17(25)20-11-6-12(7-11)22(9-15(23)24)8-10-4-5-10/h1-3,10-12H,4-9H2,(H,23,24)(H2,20,21,25). The monoisotopic (exact) mass is 369 g/mol. The molecule has 3 N–H and O–H groups in total. The number of hydrogen-bond acceptors (Lipinski definition) is 3. The van der Waals surface area contributed by atoms with Crippen molar-refractivity contribution < 1.29 is 19.1 Å². The zero-order valence-electron chi connectivity index (χ0n) is 13.7. The number of nitrogens with zero attached hydrogens (tertiary/aromatic N) is 1. The van der Waals surface area contributed by atoms with E-state index in [0.29, 0.717) is 18.8 Å². The Morgan fingerprint density at radius 3 is 2.68 bits per heavy atom. The zero-order valence-corrected chi connectivity index (χ0v) is 14.4. The van der Waals surface area contributed by atoms with E-state index in [1.165, 1.54) is 12.1 Å². The van der Waals surface area contributed by atoms with Crippen LogP contribution >= 0.6 is 11.6 Å². The molecule has 0 spiro atoms. The molecule has 0 unspecified atom stereocenters. The summed E-state index contributed by atoms with van der Waals surface area (Å²) in [5, 5.41) is 14.2. The highest BCUT2D eigenvalue weighted by molar-refractivity contribution is 6.31. The van der Waals surface area contributed by atoms with Crippen LogP contribution in [0, 0.1) is 11.7 Å². The highest BCUT2D eigenvalue weighted by atomic mass is 35.5. The Hall–Kier alpha value is -1.86. The molecule has 1 aromatic carbocycles. The predicted octanol–water partition coefficient (Wildman–Crippen LogP) is 2.93. The normalized spacial score (nSPS) is 22.4. The van der Waals surface area contributed by atoms with Crippen molar-refractivity contribution in [1.82, 2.24) is 10.2 Å². The van der Waals surface area contributed by atoms with Gasteiger partial charge in [0.2, 0.25) is 0 Å². The fraction of sp³-hybridized carbons (Fsp3) is 0.529. The molecule has 6 nitrogen and oxygen atoms in total. The molecule has 25 heavy (non-hydrogen) atoms. The van der Waals surface area contributed by atoms with Crippen molar-refractivity contribution in [2.45, 2.75) is 37.8 Å². The van der Waals surface area contributed by atoms with Crippen LogP contribution in [0.1, 0.15) is 25.7 Å². The molecule has 0 radical (unpaired) electrons. The third-order valence-corrected chi connectivity index (χ3v) is 4.98. The lowest BCUT2D eigenvalue weighted by Crippen LogP contribution is -2.55. The van der Waals surface area contributed by atoms with Crippen molar-refractivity contribution in [3.05, 3.63) is 29.0 Å². The number of amides is 2. The molecule has 2 aliphatic carbocycles. The minimum Gasteiger partial charge on any atom is -0.480 e. The van der Waals surface area contributed by atoms with Crippen molar-refractivity contribution in [2.24, 2.45) is 5.92 Å². The third kappa shape index (κ3) is 4.83. The average Bonchev–Trinajstić information content (AvgIpc) is 3.30. The fourth-order valence-corrected chi connectivity index (χ4v) is 3.27. The van der Waals surface area contributed by atoms with Gasteiger partial charge in [0.05, 0.1) is 17.3 Å². The van der Waals surface area contributed by atoms with E-state index in [9.17, 15) is 14.0 Å². The number of anilines is 1. The molecule has 2 saturated carbocycles. The summed E-state index contributed by atoms with van der Waals surface area (Å²) in [7, 11) is 0. The maximum Gasteiger partial charge on any atom is 0.319 e. The second-order valence-corrected chi connectivity index (χ2v) is 7.20. The van der Waals surface area contributed by atoms with Crippen LogP contribution in [0.3, 0.4) is 0 Å². The van der Waals surface area contributed by atoms with Crippen LogP contribution in [0.4, 0.5) is 14.9 Å². The summed E-state index contributed by atoms with van der Waals surface area (Å²) in [5.41, 5.74) is 0.0297. The molecule has 3 rings (SSSR count). The summed E-state index contributed by atoms with van der Waals surface area (Å²) in [6.07, 6.45) is 3.73. The maximum atomic E-state index is 13.8. The molecule has 2 fully saturated rings.